The molecule has 0 aromatic heterocycles. The molecule has 4 rings (SSSR count). The van der Waals surface area contributed by atoms with Gasteiger partial charge in [0.2, 0.25) is 9.76 Å². The zero-order valence-electron chi connectivity index (χ0n) is 22.1. The van der Waals surface area contributed by atoms with Crippen LogP contribution in [0, 0.1) is 11.6 Å². The van der Waals surface area contributed by atoms with Crippen molar-refractivity contribution in [3.05, 3.63) is 101 Å². The first-order chi connectivity index (χ1) is 17.6. The molecule has 1 saturated heterocycles. The highest BCUT2D eigenvalue weighted by Crippen LogP contribution is 2.47. The lowest BCUT2D eigenvalue weighted by Crippen LogP contribution is -2.47. The van der Waals surface area contributed by atoms with Gasteiger partial charge in [0.05, 0.1) is 24.5 Å². The Bertz CT molecular complexity index is 1150. The molecule has 1 aliphatic rings. The van der Waals surface area contributed by atoms with Gasteiger partial charge in [0.25, 0.3) is 0 Å². The molecule has 2 atom stereocenters. The van der Waals surface area contributed by atoms with Crippen LogP contribution in [0.4, 0.5) is 14.5 Å². The van der Waals surface area contributed by atoms with Gasteiger partial charge >= 0.3 is 0 Å². The van der Waals surface area contributed by atoms with Crippen molar-refractivity contribution >= 4 is 15.5 Å². The number of ether oxygens (including phenoxy) is 1. The van der Waals surface area contributed by atoms with E-state index in [0.717, 1.165) is 11.1 Å². The Balaban J connectivity index is 2.11. The number of nitrogens with zero attached hydrogens (tertiary/aromatic N) is 1. The summed E-state index contributed by atoms with van der Waals surface area (Å²) in [5, 5.41) is 9.85. The van der Waals surface area contributed by atoms with Crippen molar-refractivity contribution in [1.29, 1.82) is 0 Å². The summed E-state index contributed by atoms with van der Waals surface area (Å²) in [6.45, 7) is 10.3. The molecule has 0 spiro atoms. The molecular formula is C30H35F2NO3Si. The normalized spacial score (nSPS) is 18.8. The number of aliphatic hydroxyl groups excluding tert-OH is 1. The minimum absolute atomic E-state index is 0.0347. The number of benzene rings is 3. The molecule has 4 nitrogen and oxygen atoms in total. The van der Waals surface area contributed by atoms with E-state index in [2.05, 4.69) is 20.8 Å². The molecule has 0 unspecified atom stereocenters. The first kappa shape index (κ1) is 27.5. The minimum Gasteiger partial charge on any atom is -0.400 e. The predicted molar refractivity (Wildman–Crippen MR) is 144 cm³/mol. The topological polar surface area (TPSA) is 41.9 Å². The highest BCUT2D eigenvalue weighted by Gasteiger charge is 2.44. The van der Waals surface area contributed by atoms with Crippen molar-refractivity contribution in [2.45, 2.75) is 64.1 Å². The average molecular weight is 524 g/mol. The average Bonchev–Trinajstić information content (AvgIpc) is 2.86. The van der Waals surface area contributed by atoms with Crippen molar-refractivity contribution in [2.75, 3.05) is 18.0 Å². The molecule has 196 valence electrons. The fraction of sp³-hybridized carbons (Fsp3) is 0.400. The second-order valence-electron chi connectivity index (χ2n) is 10.7. The Morgan fingerprint density at radius 2 is 1.43 bits per heavy atom. The first-order valence-electron chi connectivity index (χ1n) is 12.7. The molecule has 37 heavy (non-hydrogen) atoms. The highest BCUT2D eigenvalue weighted by molar-refractivity contribution is 6.32. The molecular weight excluding hydrogens is 488 g/mol. The molecule has 3 aromatic rings. The maximum Gasteiger partial charge on any atom is 0.237 e. The number of morpholine rings is 1. The number of aliphatic hydroxyl groups is 1. The van der Waals surface area contributed by atoms with E-state index in [9.17, 15) is 5.11 Å². The zero-order chi connectivity index (χ0) is 26.8. The quantitative estimate of drug-likeness (QED) is 0.295. The van der Waals surface area contributed by atoms with Crippen LogP contribution in [0.3, 0.4) is 0 Å². The summed E-state index contributed by atoms with van der Waals surface area (Å²) in [6, 6.07) is 20.9. The summed E-state index contributed by atoms with van der Waals surface area (Å²) >= 11 is 0. The Kier molecular flexibility index (Phi) is 8.19. The van der Waals surface area contributed by atoms with Crippen LogP contribution < -0.4 is 4.90 Å². The summed E-state index contributed by atoms with van der Waals surface area (Å²) in [6.07, 6.45) is -0.339. The molecule has 1 N–H and O–H groups in total. The van der Waals surface area contributed by atoms with Gasteiger partial charge in [0.1, 0.15) is 5.60 Å². The van der Waals surface area contributed by atoms with Gasteiger partial charge in [-0.15, -0.1) is 0 Å². The number of anilines is 1. The van der Waals surface area contributed by atoms with E-state index in [1.807, 2.05) is 79.4 Å². The van der Waals surface area contributed by atoms with Crippen LogP contribution in [0.15, 0.2) is 66.7 Å². The molecule has 0 amide bonds. The van der Waals surface area contributed by atoms with Gasteiger partial charge in [-0.3, -0.25) is 0 Å². The summed E-state index contributed by atoms with van der Waals surface area (Å²) < 4.78 is 44.3. The third-order valence-corrected chi connectivity index (χ3v) is 7.43. The van der Waals surface area contributed by atoms with Crippen LogP contribution >= 0.6 is 0 Å². The summed E-state index contributed by atoms with van der Waals surface area (Å²) in [5.41, 5.74) is 0.831. The number of hydrogen-bond donors (Lipinski definition) is 1. The van der Waals surface area contributed by atoms with Gasteiger partial charge < -0.3 is 19.2 Å². The Labute approximate surface area is 221 Å². The van der Waals surface area contributed by atoms with Crippen LogP contribution in [-0.4, -0.2) is 40.2 Å². The lowest BCUT2D eigenvalue weighted by atomic mass is 9.78. The van der Waals surface area contributed by atoms with Crippen LogP contribution in [0.2, 0.25) is 5.04 Å². The Morgan fingerprint density at radius 1 is 0.919 bits per heavy atom. The van der Waals surface area contributed by atoms with E-state index in [1.54, 1.807) is 6.07 Å². The molecule has 0 aliphatic carbocycles. The second-order valence-corrected chi connectivity index (χ2v) is 12.7. The van der Waals surface area contributed by atoms with Crippen LogP contribution in [-0.2, 0) is 21.4 Å². The van der Waals surface area contributed by atoms with E-state index in [4.69, 9.17) is 9.16 Å². The highest BCUT2D eigenvalue weighted by atomic mass is 28.2. The number of halogens is 2. The smallest absolute Gasteiger partial charge is 0.237 e. The van der Waals surface area contributed by atoms with Crippen molar-refractivity contribution in [2.24, 2.45) is 0 Å². The second kappa shape index (κ2) is 11.0. The van der Waals surface area contributed by atoms with Gasteiger partial charge in [-0.2, -0.15) is 0 Å². The van der Waals surface area contributed by atoms with E-state index >= 15 is 8.78 Å². The zero-order valence-corrected chi connectivity index (χ0v) is 23.1. The van der Waals surface area contributed by atoms with Crippen molar-refractivity contribution in [1.82, 2.24) is 0 Å². The van der Waals surface area contributed by atoms with Crippen molar-refractivity contribution < 1.29 is 23.1 Å². The first-order valence-corrected chi connectivity index (χ1v) is 13.6. The Morgan fingerprint density at radius 3 is 1.89 bits per heavy atom. The maximum absolute atomic E-state index is 16.2. The van der Waals surface area contributed by atoms with Crippen LogP contribution in [0.5, 0.6) is 0 Å². The van der Waals surface area contributed by atoms with Gasteiger partial charge in [-0.1, -0.05) is 81.4 Å². The van der Waals surface area contributed by atoms with E-state index < -0.39 is 23.8 Å². The summed E-state index contributed by atoms with van der Waals surface area (Å²) in [7, 11) is 0.0347. The van der Waals surface area contributed by atoms with Crippen molar-refractivity contribution in [3.8, 4) is 0 Å². The molecule has 3 aromatic carbocycles. The molecule has 1 fully saturated rings. The van der Waals surface area contributed by atoms with Gasteiger partial charge in [-0.25, -0.2) is 8.78 Å². The molecule has 1 aliphatic heterocycles. The van der Waals surface area contributed by atoms with E-state index in [0.29, 0.717) is 18.7 Å². The van der Waals surface area contributed by atoms with Crippen LogP contribution in [0.25, 0.3) is 0 Å². The molecule has 0 bridgehead atoms. The fourth-order valence-corrected chi connectivity index (χ4v) is 5.75. The predicted octanol–water partition coefficient (Wildman–Crippen LogP) is 6.22. The van der Waals surface area contributed by atoms with E-state index in [-0.39, 0.29) is 38.3 Å². The lowest BCUT2D eigenvalue weighted by molar-refractivity contribution is -0.00567. The van der Waals surface area contributed by atoms with Crippen LogP contribution in [0.1, 0.15) is 56.9 Å². The van der Waals surface area contributed by atoms with Gasteiger partial charge in [0, 0.05) is 24.2 Å². The molecule has 0 saturated carbocycles. The number of rotatable bonds is 7. The summed E-state index contributed by atoms with van der Waals surface area (Å²) in [4.78, 5) is 1.86. The fourth-order valence-electron chi connectivity index (χ4n) is 4.95. The monoisotopic (exact) mass is 523 g/mol. The third kappa shape index (κ3) is 5.65. The SMILES string of the molecule is C[C@@H]1CN(c2c(C(O[Si]C(C)(C)C)(c3ccccc3)c3ccccc3)cc(CO)c(F)c2F)C[C@H](C)O1. The minimum atomic E-state index is -1.26. The van der Waals surface area contributed by atoms with Gasteiger partial charge in [0.15, 0.2) is 11.6 Å². The van der Waals surface area contributed by atoms with Gasteiger partial charge in [-0.05, 0) is 36.1 Å². The largest absolute Gasteiger partial charge is 0.400 e. The van der Waals surface area contributed by atoms with E-state index in [1.165, 1.54) is 0 Å². The third-order valence-electron chi connectivity index (χ3n) is 6.41. The Hall–Kier alpha value is -2.58. The molecule has 7 heteroatoms. The molecule has 1 heterocycles. The lowest BCUT2D eigenvalue weighted by Gasteiger charge is -2.43. The maximum atomic E-state index is 16.2. The van der Waals surface area contributed by atoms with Crippen molar-refractivity contribution in [3.63, 3.8) is 0 Å². The molecule has 2 radical (unpaired) electrons. The number of hydrogen-bond acceptors (Lipinski definition) is 4. The summed E-state index contributed by atoms with van der Waals surface area (Å²) in [5.74, 6) is -2.02. The standard InChI is InChI=1S/C30H35F2NO3Si/c1-20-17-33(18-21(2)35-20)28-25(16-22(19-34)26(31)27(28)32)30(36-37-29(3,4)5,23-12-8-6-9-13-23)24-14-10-7-11-15-24/h6-16,20-21,34H,17-19H2,1-5H3/t20-,21+.